The third-order valence-corrected chi connectivity index (χ3v) is 7.32. The van der Waals surface area contributed by atoms with Gasteiger partial charge in [-0.2, -0.15) is 0 Å². The zero-order valence-corrected chi connectivity index (χ0v) is 21.2. The van der Waals surface area contributed by atoms with Crippen LogP contribution in [0.5, 0.6) is 0 Å². The maximum absolute atomic E-state index is 12.8. The molecule has 2 aromatic rings. The number of fused-ring (bicyclic) bond motifs is 2. The van der Waals surface area contributed by atoms with E-state index >= 15 is 0 Å². The van der Waals surface area contributed by atoms with E-state index < -0.39 is 0 Å². The van der Waals surface area contributed by atoms with Gasteiger partial charge in [0.2, 0.25) is 0 Å². The fourth-order valence-corrected chi connectivity index (χ4v) is 5.60. The second kappa shape index (κ2) is 11.1. The normalized spacial score (nSPS) is 19.9. The van der Waals surface area contributed by atoms with Crippen LogP contribution in [0.4, 0.5) is 0 Å². The molecule has 0 spiro atoms. The first kappa shape index (κ1) is 24.2. The second-order valence-corrected chi connectivity index (χ2v) is 10.5. The quantitative estimate of drug-likeness (QED) is 0.503. The average Bonchev–Trinajstić information content (AvgIpc) is 3.41. The van der Waals surface area contributed by atoms with Gasteiger partial charge >= 0.3 is 0 Å². The molecule has 1 fully saturated rings. The number of benzene rings is 2. The van der Waals surface area contributed by atoms with Gasteiger partial charge < -0.3 is 14.4 Å². The Morgan fingerprint density at radius 1 is 1.00 bits per heavy atom. The van der Waals surface area contributed by atoms with Crippen molar-refractivity contribution in [2.24, 2.45) is 5.92 Å². The highest BCUT2D eigenvalue weighted by Crippen LogP contribution is 2.40. The van der Waals surface area contributed by atoms with Crippen LogP contribution in [0.15, 0.2) is 42.5 Å². The molecular formula is C30H38N2O3. The van der Waals surface area contributed by atoms with Crippen molar-refractivity contribution >= 4 is 17.1 Å². The van der Waals surface area contributed by atoms with Crippen LogP contribution in [0.1, 0.15) is 48.1 Å². The maximum atomic E-state index is 12.8. The fraction of sp³-hybridized carbons (Fsp3) is 0.500. The first-order chi connectivity index (χ1) is 17.1. The van der Waals surface area contributed by atoms with Gasteiger partial charge in [-0.15, -0.1) is 0 Å². The minimum absolute atomic E-state index is 0.166. The highest BCUT2D eigenvalue weighted by Gasteiger charge is 2.32. The first-order valence-corrected chi connectivity index (χ1v) is 13.2. The van der Waals surface area contributed by atoms with Gasteiger partial charge in [-0.3, -0.25) is 9.69 Å². The minimum atomic E-state index is 0.166. The number of carbonyl (C=O) groups is 1. The van der Waals surface area contributed by atoms with E-state index in [2.05, 4.69) is 41.8 Å². The number of hydrogen-bond acceptors (Lipinski definition) is 5. The van der Waals surface area contributed by atoms with Crippen LogP contribution in [0, 0.1) is 5.92 Å². The topological polar surface area (TPSA) is 42.0 Å². The standard InChI is InChI=1S/C30H38N2O3/c1-22(2)20-32(12-5-11-31-14-16-34-17-15-31)13-10-23-8-9-27-25(18-23)21-35-30(27)29-26-7-4-3-6-24(26)19-28(29)33/h3-4,6-9,18,22H,5,10-17,19-21H2,1-2H3/b30-29+. The maximum Gasteiger partial charge on any atom is 0.171 e. The summed E-state index contributed by atoms with van der Waals surface area (Å²) in [5.74, 6) is 1.60. The lowest BCUT2D eigenvalue weighted by molar-refractivity contribution is -0.112. The third-order valence-electron chi connectivity index (χ3n) is 7.32. The van der Waals surface area contributed by atoms with Gasteiger partial charge in [-0.25, -0.2) is 0 Å². The van der Waals surface area contributed by atoms with E-state index in [1.165, 1.54) is 17.5 Å². The summed E-state index contributed by atoms with van der Waals surface area (Å²) in [5, 5.41) is 0. The molecule has 2 aromatic carbocycles. The van der Waals surface area contributed by atoms with Crippen molar-refractivity contribution < 1.29 is 14.3 Å². The Balaban J connectivity index is 1.23. The lowest BCUT2D eigenvalue weighted by Gasteiger charge is -2.29. The first-order valence-electron chi connectivity index (χ1n) is 13.2. The van der Waals surface area contributed by atoms with Gasteiger partial charge in [0, 0.05) is 43.7 Å². The van der Waals surface area contributed by atoms with Gasteiger partial charge in [0.1, 0.15) is 12.4 Å². The predicted octanol–water partition coefficient (Wildman–Crippen LogP) is 4.43. The smallest absolute Gasteiger partial charge is 0.171 e. The molecule has 0 aromatic heterocycles. The molecule has 0 saturated carbocycles. The summed E-state index contributed by atoms with van der Waals surface area (Å²) in [5.41, 5.74) is 6.52. The molecule has 2 aliphatic heterocycles. The van der Waals surface area contributed by atoms with Crippen LogP contribution in [-0.4, -0.2) is 68.1 Å². The summed E-state index contributed by atoms with van der Waals surface area (Å²) < 4.78 is 11.6. The Hall–Kier alpha value is -2.47. The Kier molecular flexibility index (Phi) is 7.66. The lowest BCUT2D eigenvalue weighted by atomic mass is 9.98. The Bertz CT molecular complexity index is 1080. The highest BCUT2D eigenvalue weighted by molar-refractivity contribution is 6.31. The molecule has 0 amide bonds. The minimum Gasteiger partial charge on any atom is -0.487 e. The second-order valence-electron chi connectivity index (χ2n) is 10.5. The predicted molar refractivity (Wildman–Crippen MR) is 140 cm³/mol. The van der Waals surface area contributed by atoms with E-state index in [-0.39, 0.29) is 5.78 Å². The number of morpholine rings is 1. The van der Waals surface area contributed by atoms with E-state index in [4.69, 9.17) is 9.47 Å². The molecule has 1 aliphatic carbocycles. The SMILES string of the molecule is CC(C)CN(CCCN1CCOCC1)CCc1ccc2c(c1)CO/C2=C1/C(=O)Cc2ccccc21. The zero-order chi connectivity index (χ0) is 24.2. The van der Waals surface area contributed by atoms with E-state index in [1.54, 1.807) is 0 Å². The van der Waals surface area contributed by atoms with E-state index in [0.29, 0.717) is 18.9 Å². The van der Waals surface area contributed by atoms with Gasteiger partial charge in [0.15, 0.2) is 5.78 Å². The molecule has 0 unspecified atom stereocenters. The molecule has 0 bridgehead atoms. The van der Waals surface area contributed by atoms with Crippen LogP contribution in [0.25, 0.3) is 11.3 Å². The monoisotopic (exact) mass is 474 g/mol. The van der Waals surface area contributed by atoms with Crippen LogP contribution >= 0.6 is 0 Å². The van der Waals surface area contributed by atoms with Crippen molar-refractivity contribution in [3.05, 3.63) is 70.3 Å². The average molecular weight is 475 g/mol. The molecule has 3 aliphatic rings. The van der Waals surface area contributed by atoms with Gasteiger partial charge in [-0.05, 0) is 48.5 Å². The summed E-state index contributed by atoms with van der Waals surface area (Å²) in [6.45, 7) is 13.5. The van der Waals surface area contributed by atoms with Gasteiger partial charge in [-0.1, -0.05) is 56.3 Å². The molecular weight excluding hydrogens is 436 g/mol. The van der Waals surface area contributed by atoms with E-state index in [0.717, 1.165) is 86.9 Å². The number of ether oxygens (including phenoxy) is 2. The zero-order valence-electron chi connectivity index (χ0n) is 21.2. The van der Waals surface area contributed by atoms with Crippen molar-refractivity contribution in [2.75, 3.05) is 52.5 Å². The molecule has 5 nitrogen and oxygen atoms in total. The van der Waals surface area contributed by atoms with Crippen LogP contribution in [0.3, 0.4) is 0 Å². The van der Waals surface area contributed by atoms with Gasteiger partial charge in [0.05, 0.1) is 18.8 Å². The Labute approximate surface area is 209 Å². The number of nitrogens with zero attached hydrogens (tertiary/aromatic N) is 2. The highest BCUT2D eigenvalue weighted by atomic mass is 16.5. The number of ketones is 1. The molecule has 0 N–H and O–H groups in total. The van der Waals surface area contributed by atoms with Crippen molar-refractivity contribution in [3.8, 4) is 0 Å². The number of carbonyl (C=O) groups excluding carboxylic acids is 1. The molecule has 35 heavy (non-hydrogen) atoms. The number of rotatable bonds is 9. The van der Waals surface area contributed by atoms with E-state index in [9.17, 15) is 4.79 Å². The molecule has 5 heteroatoms. The molecule has 2 heterocycles. The summed E-state index contributed by atoms with van der Waals surface area (Å²) in [6.07, 6.45) is 2.71. The van der Waals surface area contributed by atoms with Gasteiger partial charge in [0.25, 0.3) is 0 Å². The Morgan fingerprint density at radius 2 is 1.83 bits per heavy atom. The van der Waals surface area contributed by atoms with Crippen LogP contribution in [-0.2, 0) is 33.7 Å². The molecule has 1 saturated heterocycles. The van der Waals surface area contributed by atoms with Crippen molar-refractivity contribution in [2.45, 2.75) is 39.7 Å². The van der Waals surface area contributed by atoms with Crippen LogP contribution < -0.4 is 0 Å². The fourth-order valence-electron chi connectivity index (χ4n) is 5.60. The number of allylic oxidation sites excluding steroid dienone is 1. The Morgan fingerprint density at radius 3 is 2.66 bits per heavy atom. The largest absolute Gasteiger partial charge is 0.487 e. The van der Waals surface area contributed by atoms with Crippen molar-refractivity contribution in [1.82, 2.24) is 9.80 Å². The number of hydrogen-bond donors (Lipinski definition) is 0. The summed E-state index contributed by atoms with van der Waals surface area (Å²) in [4.78, 5) is 17.9. The number of Topliss-reactive ketones (excluding diaryl/α,β-unsaturated/α-hetero) is 1. The molecule has 0 radical (unpaired) electrons. The summed E-state index contributed by atoms with van der Waals surface area (Å²) in [7, 11) is 0. The summed E-state index contributed by atoms with van der Waals surface area (Å²) in [6, 6.07) is 14.8. The molecule has 0 atom stereocenters. The van der Waals surface area contributed by atoms with Crippen molar-refractivity contribution in [1.29, 1.82) is 0 Å². The van der Waals surface area contributed by atoms with Crippen molar-refractivity contribution in [3.63, 3.8) is 0 Å². The molecule has 186 valence electrons. The van der Waals surface area contributed by atoms with Crippen LogP contribution in [0.2, 0.25) is 0 Å². The lowest BCUT2D eigenvalue weighted by Crippen LogP contribution is -2.38. The third kappa shape index (κ3) is 5.69. The van der Waals surface area contributed by atoms with E-state index in [1.807, 2.05) is 24.3 Å². The summed E-state index contributed by atoms with van der Waals surface area (Å²) >= 11 is 0. The molecule has 5 rings (SSSR count).